The molecule has 0 atom stereocenters. The van der Waals surface area contributed by atoms with Crippen LogP contribution in [0.2, 0.25) is 0 Å². The molecule has 0 saturated carbocycles. The number of carbonyl (C=O) groups excluding carboxylic acids is 1. The fourth-order valence-electron chi connectivity index (χ4n) is 2.66. The normalized spacial score (nSPS) is 16.2. The number of carbonyl (C=O) groups is 1. The van der Waals surface area contributed by atoms with Crippen LogP contribution >= 0.6 is 11.8 Å². The van der Waals surface area contributed by atoms with Crippen LogP contribution in [0, 0.1) is 5.82 Å². The predicted molar refractivity (Wildman–Crippen MR) is 114 cm³/mol. The number of hydrogen-bond acceptors (Lipinski definition) is 4. The summed E-state index contributed by atoms with van der Waals surface area (Å²) >= 11 is 1.31. The standard InChI is InChI=1S/C23H17FN2O2S/c24-18-10-6-17(7-11-18)15-28-20-12-8-16(9-13-20)14-21-22(27)26-23(29-21)25-19-4-2-1-3-5-19/h1-14H,15H2,(H,25,26,27)/b21-14-. The van der Waals surface area contributed by atoms with Crippen LogP contribution in [0.4, 0.5) is 10.1 Å². The summed E-state index contributed by atoms with van der Waals surface area (Å²) in [6.07, 6.45) is 1.82. The molecule has 0 aliphatic carbocycles. The lowest BCUT2D eigenvalue weighted by molar-refractivity contribution is -0.115. The van der Waals surface area contributed by atoms with Gasteiger partial charge in [0.05, 0.1) is 10.6 Å². The maximum absolute atomic E-state index is 12.9. The number of ether oxygens (including phenoxy) is 1. The Morgan fingerprint density at radius 1 is 0.966 bits per heavy atom. The second kappa shape index (κ2) is 8.75. The van der Waals surface area contributed by atoms with Crippen molar-refractivity contribution >= 4 is 34.6 Å². The number of thioether (sulfide) groups is 1. The molecule has 3 aromatic carbocycles. The van der Waals surface area contributed by atoms with Gasteiger partial charge < -0.3 is 10.1 Å². The number of halogens is 1. The summed E-state index contributed by atoms with van der Waals surface area (Å²) in [4.78, 5) is 17.2. The molecule has 144 valence electrons. The number of nitrogens with zero attached hydrogens (tertiary/aromatic N) is 1. The van der Waals surface area contributed by atoms with E-state index in [1.165, 1.54) is 23.9 Å². The van der Waals surface area contributed by atoms with E-state index in [-0.39, 0.29) is 11.7 Å². The highest BCUT2D eigenvalue weighted by molar-refractivity contribution is 8.18. The quantitative estimate of drug-likeness (QED) is 0.588. The van der Waals surface area contributed by atoms with Gasteiger partial charge in [0, 0.05) is 0 Å². The minimum Gasteiger partial charge on any atom is -0.489 e. The Kier molecular flexibility index (Phi) is 5.72. The molecule has 1 aliphatic rings. The van der Waals surface area contributed by atoms with Crippen molar-refractivity contribution in [3.8, 4) is 5.75 Å². The Morgan fingerprint density at radius 2 is 1.69 bits per heavy atom. The molecule has 3 aromatic rings. The van der Waals surface area contributed by atoms with Crippen LogP contribution in [0.25, 0.3) is 6.08 Å². The van der Waals surface area contributed by atoms with Gasteiger partial charge in [-0.2, -0.15) is 0 Å². The van der Waals surface area contributed by atoms with Crippen LogP contribution in [-0.2, 0) is 11.4 Å². The van der Waals surface area contributed by atoms with E-state index < -0.39 is 0 Å². The average molecular weight is 404 g/mol. The minimum absolute atomic E-state index is 0.165. The van der Waals surface area contributed by atoms with Gasteiger partial charge in [0.25, 0.3) is 5.91 Å². The fourth-order valence-corrected chi connectivity index (χ4v) is 3.50. The van der Waals surface area contributed by atoms with E-state index in [4.69, 9.17) is 4.74 Å². The molecule has 1 fully saturated rings. The van der Waals surface area contributed by atoms with E-state index in [1.807, 2.05) is 60.7 Å². The molecule has 0 aromatic heterocycles. The monoisotopic (exact) mass is 404 g/mol. The summed E-state index contributed by atoms with van der Waals surface area (Å²) in [5.41, 5.74) is 2.57. The lowest BCUT2D eigenvalue weighted by atomic mass is 10.2. The van der Waals surface area contributed by atoms with Crippen LogP contribution < -0.4 is 10.1 Å². The smallest absolute Gasteiger partial charge is 0.264 e. The minimum atomic E-state index is -0.267. The molecule has 1 amide bonds. The predicted octanol–water partition coefficient (Wildman–Crippen LogP) is 5.30. The molecular formula is C23H17FN2O2S. The van der Waals surface area contributed by atoms with Crippen molar-refractivity contribution in [3.63, 3.8) is 0 Å². The second-order valence-corrected chi connectivity index (χ2v) is 7.33. The van der Waals surface area contributed by atoms with Gasteiger partial charge in [-0.3, -0.25) is 4.79 Å². The summed E-state index contributed by atoms with van der Waals surface area (Å²) in [6, 6.07) is 23.1. The van der Waals surface area contributed by atoms with Crippen molar-refractivity contribution in [1.29, 1.82) is 0 Å². The van der Waals surface area contributed by atoms with E-state index in [9.17, 15) is 9.18 Å². The van der Waals surface area contributed by atoms with Crippen LogP contribution in [0.3, 0.4) is 0 Å². The van der Waals surface area contributed by atoms with Crippen LogP contribution in [0.5, 0.6) is 5.75 Å². The first-order valence-corrected chi connectivity index (χ1v) is 9.79. The number of benzene rings is 3. The first-order chi connectivity index (χ1) is 14.2. The van der Waals surface area contributed by atoms with E-state index >= 15 is 0 Å². The number of nitrogens with one attached hydrogen (secondary N) is 1. The highest BCUT2D eigenvalue weighted by Crippen LogP contribution is 2.28. The van der Waals surface area contributed by atoms with E-state index in [0.717, 1.165) is 16.8 Å². The molecular weight excluding hydrogens is 387 g/mol. The van der Waals surface area contributed by atoms with Crippen LogP contribution in [-0.4, -0.2) is 11.1 Å². The molecule has 0 unspecified atom stereocenters. The third-order valence-electron chi connectivity index (χ3n) is 4.13. The van der Waals surface area contributed by atoms with Crippen molar-refractivity contribution in [1.82, 2.24) is 5.32 Å². The highest BCUT2D eigenvalue weighted by Gasteiger charge is 2.23. The summed E-state index contributed by atoms with van der Waals surface area (Å²) in [7, 11) is 0. The van der Waals surface area contributed by atoms with E-state index in [2.05, 4.69) is 10.3 Å². The van der Waals surface area contributed by atoms with Gasteiger partial charge in [-0.05, 0) is 65.4 Å². The Morgan fingerprint density at radius 3 is 2.41 bits per heavy atom. The zero-order valence-electron chi connectivity index (χ0n) is 15.3. The SMILES string of the molecule is O=C1NC(=Nc2ccccc2)S/C1=C\c1ccc(OCc2ccc(F)cc2)cc1. The van der Waals surface area contributed by atoms with Gasteiger partial charge in [0.15, 0.2) is 5.17 Å². The van der Waals surface area contributed by atoms with E-state index in [1.54, 1.807) is 12.1 Å². The molecule has 4 rings (SSSR count). The van der Waals surface area contributed by atoms with Crippen LogP contribution in [0.15, 0.2) is 88.8 Å². The van der Waals surface area contributed by atoms with Gasteiger partial charge >= 0.3 is 0 Å². The van der Waals surface area contributed by atoms with Crippen molar-refractivity contribution in [2.75, 3.05) is 0 Å². The zero-order chi connectivity index (χ0) is 20.1. The Balaban J connectivity index is 1.40. The van der Waals surface area contributed by atoms with Gasteiger partial charge in [-0.15, -0.1) is 0 Å². The summed E-state index contributed by atoms with van der Waals surface area (Å²) in [6.45, 7) is 0.359. The topological polar surface area (TPSA) is 50.7 Å². The summed E-state index contributed by atoms with van der Waals surface area (Å²) in [5, 5.41) is 3.34. The maximum Gasteiger partial charge on any atom is 0.264 e. The lowest BCUT2D eigenvalue weighted by Gasteiger charge is -2.06. The second-order valence-electron chi connectivity index (χ2n) is 6.30. The molecule has 29 heavy (non-hydrogen) atoms. The van der Waals surface area contributed by atoms with Crippen molar-refractivity contribution in [2.24, 2.45) is 4.99 Å². The number of aliphatic imine (C=N–C) groups is 1. The Hall–Kier alpha value is -3.38. The summed E-state index contributed by atoms with van der Waals surface area (Å²) in [5.74, 6) is 0.268. The molecule has 1 N–H and O–H groups in total. The first-order valence-electron chi connectivity index (χ1n) is 8.98. The zero-order valence-corrected chi connectivity index (χ0v) is 16.2. The Bertz CT molecular complexity index is 1060. The fraction of sp³-hybridized carbons (Fsp3) is 0.0435. The molecule has 0 bridgehead atoms. The number of para-hydroxylation sites is 1. The third kappa shape index (κ3) is 5.12. The number of hydrogen-bond donors (Lipinski definition) is 1. The van der Waals surface area contributed by atoms with Crippen LogP contribution in [0.1, 0.15) is 11.1 Å². The average Bonchev–Trinajstić information content (AvgIpc) is 3.08. The van der Waals surface area contributed by atoms with Crippen molar-refractivity contribution in [2.45, 2.75) is 6.61 Å². The van der Waals surface area contributed by atoms with Gasteiger partial charge in [-0.25, -0.2) is 9.38 Å². The van der Waals surface area contributed by atoms with E-state index in [0.29, 0.717) is 22.4 Å². The van der Waals surface area contributed by atoms with Gasteiger partial charge in [0.1, 0.15) is 18.2 Å². The Labute approximate surface area is 172 Å². The maximum atomic E-state index is 12.9. The molecule has 1 saturated heterocycles. The molecule has 6 heteroatoms. The first kappa shape index (κ1) is 19.0. The summed E-state index contributed by atoms with van der Waals surface area (Å²) < 4.78 is 18.7. The van der Waals surface area contributed by atoms with Gasteiger partial charge in [-0.1, -0.05) is 42.5 Å². The van der Waals surface area contributed by atoms with Gasteiger partial charge in [0.2, 0.25) is 0 Å². The third-order valence-corrected chi connectivity index (χ3v) is 5.04. The molecule has 1 heterocycles. The van der Waals surface area contributed by atoms with Crippen molar-refractivity contribution < 1.29 is 13.9 Å². The molecule has 0 radical (unpaired) electrons. The lowest BCUT2D eigenvalue weighted by Crippen LogP contribution is -2.19. The number of rotatable bonds is 5. The number of amidine groups is 1. The number of amides is 1. The molecule has 0 spiro atoms. The largest absolute Gasteiger partial charge is 0.489 e. The highest BCUT2D eigenvalue weighted by atomic mass is 32.2. The van der Waals surface area contributed by atoms with Crippen molar-refractivity contribution in [3.05, 3.63) is 101 Å². The molecule has 4 nitrogen and oxygen atoms in total. The molecule has 1 aliphatic heterocycles.